The maximum Gasteiger partial charge on any atom is 0.420 e. The molecule has 3 aromatic rings. The van der Waals surface area contributed by atoms with Crippen molar-refractivity contribution in [3.63, 3.8) is 0 Å². The Morgan fingerprint density at radius 2 is 1.52 bits per heavy atom. The lowest BCUT2D eigenvalue weighted by Crippen LogP contribution is -2.15. The molecule has 0 spiro atoms. The summed E-state index contributed by atoms with van der Waals surface area (Å²) in [5, 5.41) is 8.77. The molecule has 0 aliphatic heterocycles. The minimum Gasteiger partial charge on any atom is -0.481 e. The number of halogens is 4. The molecule has 0 aliphatic carbocycles. The van der Waals surface area contributed by atoms with Crippen molar-refractivity contribution in [3.8, 4) is 16.9 Å². The van der Waals surface area contributed by atoms with Gasteiger partial charge in [0.25, 0.3) is 0 Å². The minimum absolute atomic E-state index is 0.0115. The topological polar surface area (TPSA) is 80.7 Å². The van der Waals surface area contributed by atoms with Crippen molar-refractivity contribution in [2.45, 2.75) is 16.0 Å². The van der Waals surface area contributed by atoms with Crippen molar-refractivity contribution < 1.29 is 40.6 Å². The molecule has 5 nitrogen and oxygen atoms in total. The van der Waals surface area contributed by atoms with Crippen LogP contribution in [0, 0.1) is 5.82 Å². The molecule has 31 heavy (non-hydrogen) atoms. The average Bonchev–Trinajstić information content (AvgIpc) is 2.72. The van der Waals surface area contributed by atoms with Crippen molar-refractivity contribution in [1.29, 1.82) is 0 Å². The number of rotatable bonds is 6. The van der Waals surface area contributed by atoms with Crippen molar-refractivity contribution in [3.05, 3.63) is 78.1 Å². The Morgan fingerprint density at radius 3 is 2.06 bits per heavy atom. The van der Waals surface area contributed by atoms with Crippen LogP contribution in [0.25, 0.3) is 11.1 Å². The smallest absolute Gasteiger partial charge is 0.420 e. The largest absolute Gasteiger partial charge is 0.481 e. The number of ether oxygens (including phenoxy) is 1. The lowest BCUT2D eigenvalue weighted by atomic mass is 10.0. The number of carboxylic acids is 1. The van der Waals surface area contributed by atoms with Gasteiger partial charge in [0.05, 0.1) is 9.79 Å². The van der Waals surface area contributed by atoms with Crippen LogP contribution in [-0.4, -0.2) is 26.1 Å². The van der Waals surface area contributed by atoms with Crippen LogP contribution in [0.3, 0.4) is 0 Å². The fourth-order valence-corrected chi connectivity index (χ4v) is 4.14. The monoisotopic (exact) mass is 454 g/mol. The van der Waals surface area contributed by atoms with Crippen LogP contribution >= 0.6 is 0 Å². The van der Waals surface area contributed by atoms with Gasteiger partial charge < -0.3 is 9.84 Å². The molecule has 3 aromatic carbocycles. The predicted octanol–water partition coefficient (Wildman–Crippen LogP) is 4.81. The van der Waals surface area contributed by atoms with E-state index in [0.717, 1.165) is 18.2 Å². The van der Waals surface area contributed by atoms with E-state index in [1.807, 2.05) is 0 Å². The highest BCUT2D eigenvalue weighted by atomic mass is 32.2. The third-order valence-corrected chi connectivity index (χ3v) is 6.01. The molecule has 0 saturated heterocycles. The van der Waals surface area contributed by atoms with Gasteiger partial charge in [-0.25, -0.2) is 17.6 Å². The third-order valence-electron chi connectivity index (χ3n) is 4.23. The quantitative estimate of drug-likeness (QED) is 0.541. The van der Waals surface area contributed by atoms with Gasteiger partial charge in [0.2, 0.25) is 9.84 Å². The average molecular weight is 454 g/mol. The van der Waals surface area contributed by atoms with E-state index in [1.165, 1.54) is 24.3 Å². The molecule has 1 N–H and O–H groups in total. The van der Waals surface area contributed by atoms with E-state index in [2.05, 4.69) is 0 Å². The summed E-state index contributed by atoms with van der Waals surface area (Å²) >= 11 is 0. The second-order valence-corrected chi connectivity index (χ2v) is 8.30. The van der Waals surface area contributed by atoms with Crippen LogP contribution in [0.1, 0.15) is 5.56 Å². The molecule has 0 amide bonds. The number of carbonyl (C=O) groups is 1. The minimum atomic E-state index is -5.01. The molecule has 3 rings (SSSR count). The van der Waals surface area contributed by atoms with Gasteiger partial charge in [-0.3, -0.25) is 0 Å². The maximum absolute atomic E-state index is 13.9. The Hall–Kier alpha value is -3.40. The van der Waals surface area contributed by atoms with Gasteiger partial charge >= 0.3 is 12.1 Å². The van der Waals surface area contributed by atoms with E-state index in [-0.39, 0.29) is 27.0 Å². The molecule has 0 aromatic heterocycles. The highest BCUT2D eigenvalue weighted by Crippen LogP contribution is 2.43. The number of aliphatic carboxylic acids is 1. The van der Waals surface area contributed by atoms with Crippen LogP contribution in [0.5, 0.6) is 5.75 Å². The molecule has 0 bridgehead atoms. The predicted molar refractivity (Wildman–Crippen MR) is 102 cm³/mol. The molecule has 0 aliphatic rings. The summed E-state index contributed by atoms with van der Waals surface area (Å²) in [4.78, 5) is 10.7. The van der Waals surface area contributed by atoms with Crippen LogP contribution in [0.15, 0.2) is 76.5 Å². The van der Waals surface area contributed by atoms with Crippen LogP contribution < -0.4 is 4.74 Å². The van der Waals surface area contributed by atoms with E-state index >= 15 is 0 Å². The van der Waals surface area contributed by atoms with Gasteiger partial charge in [-0.15, -0.1) is 0 Å². The Labute approximate surface area is 174 Å². The normalized spacial score (nSPS) is 11.9. The van der Waals surface area contributed by atoms with Crippen LogP contribution in [-0.2, 0) is 20.8 Å². The van der Waals surface area contributed by atoms with E-state index < -0.39 is 45.7 Å². The first-order valence-corrected chi connectivity index (χ1v) is 10.1. The first kappa shape index (κ1) is 22.3. The summed E-state index contributed by atoms with van der Waals surface area (Å²) < 4.78 is 84.3. The number of alkyl halides is 3. The van der Waals surface area contributed by atoms with Crippen molar-refractivity contribution in [2.75, 3.05) is 6.61 Å². The zero-order chi connectivity index (χ0) is 22.8. The first-order chi connectivity index (χ1) is 14.5. The Kier molecular flexibility index (Phi) is 6.03. The van der Waals surface area contributed by atoms with Crippen LogP contribution in [0.4, 0.5) is 17.6 Å². The zero-order valence-corrected chi connectivity index (χ0v) is 16.4. The van der Waals surface area contributed by atoms with Crippen molar-refractivity contribution >= 4 is 15.8 Å². The fraction of sp³-hybridized carbons (Fsp3) is 0.0952. The van der Waals surface area contributed by atoms with Gasteiger partial charge in [0.15, 0.2) is 6.61 Å². The summed E-state index contributed by atoms with van der Waals surface area (Å²) in [5.74, 6) is -3.60. The summed E-state index contributed by atoms with van der Waals surface area (Å²) in [5.41, 5.74) is -1.83. The van der Waals surface area contributed by atoms with Gasteiger partial charge in [0, 0.05) is 5.56 Å². The summed E-state index contributed by atoms with van der Waals surface area (Å²) in [6, 6.07) is 13.2. The van der Waals surface area contributed by atoms with Crippen molar-refractivity contribution in [1.82, 2.24) is 0 Å². The SMILES string of the molecule is O=C(O)COc1c(-c2ccc(S(=O)(=O)c3ccccc3)cc2)cc(F)cc1C(F)(F)F. The highest BCUT2D eigenvalue weighted by Gasteiger charge is 2.37. The summed E-state index contributed by atoms with van der Waals surface area (Å²) in [6.07, 6.45) is -5.01. The first-order valence-electron chi connectivity index (χ1n) is 8.66. The number of carboxylic acid groups (broad SMARTS) is 1. The van der Waals surface area contributed by atoms with E-state index in [4.69, 9.17) is 9.84 Å². The lowest BCUT2D eigenvalue weighted by Gasteiger charge is -2.17. The maximum atomic E-state index is 13.9. The van der Waals surface area contributed by atoms with Crippen molar-refractivity contribution in [2.24, 2.45) is 0 Å². The van der Waals surface area contributed by atoms with Crippen LogP contribution in [0.2, 0.25) is 0 Å². The Bertz CT molecular complexity index is 1210. The molecule has 0 saturated carbocycles. The molecular formula is C21H14F4O5S. The Morgan fingerprint density at radius 1 is 0.935 bits per heavy atom. The Balaban J connectivity index is 2.10. The molecule has 0 atom stereocenters. The lowest BCUT2D eigenvalue weighted by molar-refractivity contribution is -0.143. The molecule has 0 heterocycles. The summed E-state index contributed by atoms with van der Waals surface area (Å²) in [7, 11) is -3.87. The third kappa shape index (κ3) is 4.85. The second-order valence-electron chi connectivity index (χ2n) is 6.35. The van der Waals surface area contributed by atoms with E-state index in [0.29, 0.717) is 0 Å². The molecule has 162 valence electrons. The number of sulfone groups is 1. The van der Waals surface area contributed by atoms with E-state index in [9.17, 15) is 30.8 Å². The fourth-order valence-electron chi connectivity index (χ4n) is 2.86. The van der Waals surface area contributed by atoms with Gasteiger partial charge in [-0.1, -0.05) is 30.3 Å². The van der Waals surface area contributed by atoms with Gasteiger partial charge in [0.1, 0.15) is 17.1 Å². The summed E-state index contributed by atoms with van der Waals surface area (Å²) in [6.45, 7) is -1.08. The molecule has 10 heteroatoms. The molecule has 0 unspecified atom stereocenters. The molecule has 0 radical (unpaired) electrons. The van der Waals surface area contributed by atoms with Gasteiger partial charge in [-0.05, 0) is 42.0 Å². The molecular weight excluding hydrogens is 440 g/mol. The van der Waals surface area contributed by atoms with E-state index in [1.54, 1.807) is 18.2 Å². The number of hydrogen-bond acceptors (Lipinski definition) is 4. The standard InChI is InChI=1S/C21H14F4O5S/c22-14-10-17(20(30-12-19(26)27)18(11-14)21(23,24)25)13-6-8-16(9-7-13)31(28,29)15-4-2-1-3-5-15/h1-11H,12H2,(H,26,27). The number of benzene rings is 3. The second kappa shape index (κ2) is 8.38. The molecule has 0 fully saturated rings. The van der Waals surface area contributed by atoms with Gasteiger partial charge in [-0.2, -0.15) is 13.2 Å². The number of hydrogen-bond donors (Lipinski definition) is 1. The zero-order valence-electron chi connectivity index (χ0n) is 15.6. The highest BCUT2D eigenvalue weighted by molar-refractivity contribution is 7.91.